The van der Waals surface area contributed by atoms with Crippen LogP contribution in [0, 0.1) is 0 Å². The Bertz CT molecular complexity index is 439. The molecule has 0 aliphatic carbocycles. The maximum Gasteiger partial charge on any atom is 0.168 e. The zero-order chi connectivity index (χ0) is 13.7. The molecule has 4 heteroatoms. The number of aryl methyl sites for hydroxylation is 1. The van der Waals surface area contributed by atoms with Crippen LogP contribution in [-0.2, 0) is 11.2 Å². The standard InChI is InChI=1S/C15H21NO3/c1-3-11-4-5-15(18-2)13(8-11)14(17)9-12-10-19-7-6-16-12/h4-5,8,12,16H,3,6-7,9-10H2,1-2H3. The second-order valence-corrected chi connectivity index (χ2v) is 4.74. The summed E-state index contributed by atoms with van der Waals surface area (Å²) in [4.78, 5) is 12.4. The SMILES string of the molecule is CCc1ccc(OC)c(C(=O)CC2COCCN2)c1. The van der Waals surface area contributed by atoms with Gasteiger partial charge in [0.1, 0.15) is 5.75 Å². The fraction of sp³-hybridized carbons (Fsp3) is 0.533. The minimum Gasteiger partial charge on any atom is -0.496 e. The molecule has 4 nitrogen and oxygen atoms in total. The molecule has 1 heterocycles. The number of benzene rings is 1. The van der Waals surface area contributed by atoms with Crippen molar-refractivity contribution in [1.82, 2.24) is 5.32 Å². The molecule has 1 aliphatic heterocycles. The van der Waals surface area contributed by atoms with E-state index in [0.717, 1.165) is 25.1 Å². The Morgan fingerprint density at radius 3 is 3.00 bits per heavy atom. The van der Waals surface area contributed by atoms with Gasteiger partial charge in [-0.25, -0.2) is 0 Å². The van der Waals surface area contributed by atoms with E-state index in [1.165, 1.54) is 0 Å². The molecule has 1 aliphatic rings. The van der Waals surface area contributed by atoms with Crippen molar-refractivity contribution in [2.75, 3.05) is 26.9 Å². The number of carbonyl (C=O) groups excluding carboxylic acids is 1. The minimum atomic E-state index is 0.107. The number of morpholine rings is 1. The first-order valence-electron chi connectivity index (χ1n) is 6.75. The second kappa shape index (κ2) is 6.68. The van der Waals surface area contributed by atoms with Crippen molar-refractivity contribution < 1.29 is 14.3 Å². The first kappa shape index (κ1) is 14.0. The Kier molecular flexibility index (Phi) is 4.93. The van der Waals surface area contributed by atoms with Crippen molar-refractivity contribution in [2.45, 2.75) is 25.8 Å². The van der Waals surface area contributed by atoms with E-state index < -0.39 is 0 Å². The minimum absolute atomic E-state index is 0.107. The molecule has 1 aromatic carbocycles. The summed E-state index contributed by atoms with van der Waals surface area (Å²) < 4.78 is 10.7. The summed E-state index contributed by atoms with van der Waals surface area (Å²) in [6, 6.07) is 5.91. The fourth-order valence-electron chi connectivity index (χ4n) is 2.28. The van der Waals surface area contributed by atoms with Gasteiger partial charge in [0, 0.05) is 19.0 Å². The van der Waals surface area contributed by atoms with Gasteiger partial charge < -0.3 is 14.8 Å². The molecular weight excluding hydrogens is 242 g/mol. The van der Waals surface area contributed by atoms with Crippen molar-refractivity contribution in [3.8, 4) is 5.75 Å². The van der Waals surface area contributed by atoms with Crippen LogP contribution in [-0.4, -0.2) is 38.7 Å². The summed E-state index contributed by atoms with van der Waals surface area (Å²) in [6.07, 6.45) is 1.36. The molecule has 0 amide bonds. The highest BCUT2D eigenvalue weighted by Crippen LogP contribution is 2.22. The van der Waals surface area contributed by atoms with Crippen molar-refractivity contribution in [2.24, 2.45) is 0 Å². The lowest BCUT2D eigenvalue weighted by Gasteiger charge is -2.23. The monoisotopic (exact) mass is 263 g/mol. The van der Waals surface area contributed by atoms with Gasteiger partial charge in [0.25, 0.3) is 0 Å². The van der Waals surface area contributed by atoms with Crippen molar-refractivity contribution in [3.63, 3.8) is 0 Å². The first-order chi connectivity index (χ1) is 9.24. The number of Topliss-reactive ketones (excluding diaryl/α,β-unsaturated/α-hetero) is 1. The quantitative estimate of drug-likeness (QED) is 0.823. The van der Waals surface area contributed by atoms with Gasteiger partial charge in [-0.2, -0.15) is 0 Å². The Morgan fingerprint density at radius 2 is 2.37 bits per heavy atom. The van der Waals surface area contributed by atoms with E-state index in [-0.39, 0.29) is 11.8 Å². The van der Waals surface area contributed by atoms with Gasteiger partial charge in [-0.3, -0.25) is 4.79 Å². The highest BCUT2D eigenvalue weighted by molar-refractivity contribution is 5.99. The second-order valence-electron chi connectivity index (χ2n) is 4.74. The molecule has 1 atom stereocenters. The summed E-state index contributed by atoms with van der Waals surface area (Å²) in [5, 5.41) is 3.30. The van der Waals surface area contributed by atoms with Crippen LogP contribution in [0.4, 0.5) is 0 Å². The van der Waals surface area contributed by atoms with Crippen LogP contribution >= 0.6 is 0 Å². The lowest BCUT2D eigenvalue weighted by molar-refractivity contribution is 0.0675. The lowest BCUT2D eigenvalue weighted by atomic mass is 9.99. The number of carbonyl (C=O) groups is 1. The smallest absolute Gasteiger partial charge is 0.168 e. The molecule has 2 rings (SSSR count). The Hall–Kier alpha value is -1.39. The Balaban J connectivity index is 2.12. The molecule has 0 radical (unpaired) electrons. The Labute approximate surface area is 114 Å². The largest absolute Gasteiger partial charge is 0.496 e. The molecule has 0 bridgehead atoms. The number of ether oxygens (including phenoxy) is 2. The van der Waals surface area contributed by atoms with Crippen LogP contribution in [0.3, 0.4) is 0 Å². The number of hydrogen-bond donors (Lipinski definition) is 1. The van der Waals surface area contributed by atoms with E-state index in [0.29, 0.717) is 24.3 Å². The third-order valence-corrected chi connectivity index (χ3v) is 3.40. The average Bonchev–Trinajstić information content (AvgIpc) is 2.47. The van der Waals surface area contributed by atoms with Crippen LogP contribution in [0.5, 0.6) is 5.75 Å². The summed E-state index contributed by atoms with van der Waals surface area (Å²) in [5.41, 5.74) is 1.83. The summed E-state index contributed by atoms with van der Waals surface area (Å²) >= 11 is 0. The third kappa shape index (κ3) is 3.55. The summed E-state index contributed by atoms with van der Waals surface area (Å²) in [5.74, 6) is 0.758. The lowest BCUT2D eigenvalue weighted by Crippen LogP contribution is -2.42. The molecule has 1 aromatic rings. The van der Waals surface area contributed by atoms with Gasteiger partial charge in [-0.1, -0.05) is 13.0 Å². The predicted molar refractivity (Wildman–Crippen MR) is 73.9 cm³/mol. The predicted octanol–water partition coefficient (Wildman–Crippen LogP) is 1.82. The molecule has 1 N–H and O–H groups in total. The van der Waals surface area contributed by atoms with E-state index in [2.05, 4.69) is 12.2 Å². The average molecular weight is 263 g/mol. The van der Waals surface area contributed by atoms with Crippen LogP contribution in [0.2, 0.25) is 0 Å². The maximum atomic E-state index is 12.4. The topological polar surface area (TPSA) is 47.6 Å². The molecule has 0 aromatic heterocycles. The first-order valence-corrected chi connectivity index (χ1v) is 6.75. The van der Waals surface area contributed by atoms with Crippen LogP contribution < -0.4 is 10.1 Å². The normalized spacial score (nSPS) is 19.2. The maximum absolute atomic E-state index is 12.4. The molecule has 1 saturated heterocycles. The number of nitrogens with one attached hydrogen (secondary N) is 1. The number of ketones is 1. The van der Waals surface area contributed by atoms with Gasteiger partial charge >= 0.3 is 0 Å². The van der Waals surface area contributed by atoms with Crippen LogP contribution in [0.1, 0.15) is 29.3 Å². The third-order valence-electron chi connectivity index (χ3n) is 3.40. The van der Waals surface area contributed by atoms with Crippen LogP contribution in [0.15, 0.2) is 18.2 Å². The Morgan fingerprint density at radius 1 is 1.53 bits per heavy atom. The number of rotatable bonds is 5. The van der Waals surface area contributed by atoms with E-state index in [1.54, 1.807) is 7.11 Å². The highest BCUT2D eigenvalue weighted by atomic mass is 16.5. The zero-order valence-electron chi connectivity index (χ0n) is 11.6. The summed E-state index contributed by atoms with van der Waals surface area (Å²) in [7, 11) is 1.60. The van der Waals surface area contributed by atoms with Crippen molar-refractivity contribution >= 4 is 5.78 Å². The van der Waals surface area contributed by atoms with Gasteiger partial charge in [0.05, 0.1) is 25.9 Å². The van der Waals surface area contributed by atoms with E-state index in [1.807, 2.05) is 18.2 Å². The fourth-order valence-corrected chi connectivity index (χ4v) is 2.28. The van der Waals surface area contributed by atoms with Gasteiger partial charge in [0.15, 0.2) is 5.78 Å². The molecule has 1 unspecified atom stereocenters. The summed E-state index contributed by atoms with van der Waals surface area (Å²) in [6.45, 7) is 4.21. The van der Waals surface area contributed by atoms with Gasteiger partial charge in [0.2, 0.25) is 0 Å². The molecular formula is C15H21NO3. The number of methoxy groups -OCH3 is 1. The molecule has 0 spiro atoms. The van der Waals surface area contributed by atoms with E-state index >= 15 is 0 Å². The van der Waals surface area contributed by atoms with Gasteiger partial charge in [-0.15, -0.1) is 0 Å². The van der Waals surface area contributed by atoms with E-state index in [9.17, 15) is 4.79 Å². The highest BCUT2D eigenvalue weighted by Gasteiger charge is 2.20. The van der Waals surface area contributed by atoms with E-state index in [4.69, 9.17) is 9.47 Å². The molecule has 0 saturated carbocycles. The van der Waals surface area contributed by atoms with Gasteiger partial charge in [-0.05, 0) is 24.1 Å². The number of hydrogen-bond acceptors (Lipinski definition) is 4. The molecule has 19 heavy (non-hydrogen) atoms. The van der Waals surface area contributed by atoms with Crippen molar-refractivity contribution in [1.29, 1.82) is 0 Å². The van der Waals surface area contributed by atoms with Crippen LogP contribution in [0.25, 0.3) is 0 Å². The zero-order valence-corrected chi connectivity index (χ0v) is 11.6. The molecule has 104 valence electrons. The van der Waals surface area contributed by atoms with Crippen molar-refractivity contribution in [3.05, 3.63) is 29.3 Å². The molecule has 1 fully saturated rings.